The van der Waals surface area contributed by atoms with Crippen LogP contribution in [0.1, 0.15) is 36.5 Å². The van der Waals surface area contributed by atoms with Gasteiger partial charge >= 0.3 is 0 Å². The highest BCUT2D eigenvalue weighted by atomic mass is 16.3. The number of hydrogen-bond acceptors (Lipinski definition) is 3. The molecule has 1 saturated heterocycles. The summed E-state index contributed by atoms with van der Waals surface area (Å²) in [5.41, 5.74) is 4.87. The average Bonchev–Trinajstić information content (AvgIpc) is 3.18. The van der Waals surface area contributed by atoms with Crippen molar-refractivity contribution in [1.29, 1.82) is 0 Å². The van der Waals surface area contributed by atoms with Gasteiger partial charge in [0, 0.05) is 24.8 Å². The second-order valence-corrected chi connectivity index (χ2v) is 6.00. The number of anilines is 1. The van der Waals surface area contributed by atoms with E-state index in [0.717, 1.165) is 37.3 Å². The van der Waals surface area contributed by atoms with Crippen LogP contribution in [-0.4, -0.2) is 23.2 Å². The molecule has 2 aliphatic rings. The van der Waals surface area contributed by atoms with Crippen molar-refractivity contribution in [3.8, 4) is 11.1 Å². The second-order valence-electron chi connectivity index (χ2n) is 6.00. The molecule has 0 saturated carbocycles. The standard InChI is InChI=1S/C18H20N2O/c21-17-9-8-14-13(5-3-6-15(14)17)16-7-4-10-19-18(16)20-11-1-2-12-20/h3-7,10,17,21H,1-2,8-9,11-12H2. The summed E-state index contributed by atoms with van der Waals surface area (Å²) in [6, 6.07) is 10.5. The molecule has 1 unspecified atom stereocenters. The predicted molar refractivity (Wildman–Crippen MR) is 84.4 cm³/mol. The van der Waals surface area contributed by atoms with Gasteiger partial charge in [-0.15, -0.1) is 0 Å². The van der Waals surface area contributed by atoms with Gasteiger partial charge < -0.3 is 10.0 Å². The zero-order chi connectivity index (χ0) is 14.2. The topological polar surface area (TPSA) is 36.4 Å². The van der Waals surface area contributed by atoms with Gasteiger partial charge in [-0.05, 0) is 54.5 Å². The highest BCUT2D eigenvalue weighted by Crippen LogP contribution is 2.40. The highest BCUT2D eigenvalue weighted by molar-refractivity contribution is 5.79. The predicted octanol–water partition coefficient (Wildman–Crippen LogP) is 3.33. The lowest BCUT2D eigenvalue weighted by Crippen LogP contribution is -2.19. The third-order valence-corrected chi connectivity index (χ3v) is 4.72. The first-order valence-electron chi connectivity index (χ1n) is 7.85. The van der Waals surface area contributed by atoms with E-state index in [1.807, 2.05) is 12.3 Å². The minimum Gasteiger partial charge on any atom is -0.388 e. The largest absolute Gasteiger partial charge is 0.388 e. The van der Waals surface area contributed by atoms with Gasteiger partial charge in [0.15, 0.2) is 0 Å². The summed E-state index contributed by atoms with van der Waals surface area (Å²) < 4.78 is 0. The normalized spacial score (nSPS) is 20.8. The van der Waals surface area contributed by atoms with Gasteiger partial charge in [0.05, 0.1) is 6.10 Å². The molecule has 0 spiro atoms. The van der Waals surface area contributed by atoms with Crippen LogP contribution in [0.2, 0.25) is 0 Å². The molecule has 3 nitrogen and oxygen atoms in total. The number of hydrogen-bond donors (Lipinski definition) is 1. The summed E-state index contributed by atoms with van der Waals surface area (Å²) in [5, 5.41) is 10.1. The number of rotatable bonds is 2. The molecule has 1 fully saturated rings. The van der Waals surface area contributed by atoms with Gasteiger partial charge in [0.25, 0.3) is 0 Å². The SMILES string of the molecule is OC1CCc2c(-c3cccnc3N3CCCC3)cccc21. The molecular weight excluding hydrogens is 260 g/mol. The summed E-state index contributed by atoms with van der Waals surface area (Å²) in [6.07, 6.45) is 5.89. The van der Waals surface area contributed by atoms with Crippen molar-refractivity contribution in [1.82, 2.24) is 4.98 Å². The smallest absolute Gasteiger partial charge is 0.136 e. The molecule has 4 rings (SSSR count). The Morgan fingerprint density at radius 1 is 1.05 bits per heavy atom. The number of benzene rings is 1. The second kappa shape index (κ2) is 5.15. The molecular formula is C18H20N2O. The van der Waals surface area contributed by atoms with Gasteiger partial charge in [0.2, 0.25) is 0 Å². The van der Waals surface area contributed by atoms with E-state index in [2.05, 4.69) is 34.1 Å². The van der Waals surface area contributed by atoms with E-state index in [0.29, 0.717) is 0 Å². The van der Waals surface area contributed by atoms with Gasteiger partial charge in [-0.2, -0.15) is 0 Å². The van der Waals surface area contributed by atoms with Crippen LogP contribution in [0.25, 0.3) is 11.1 Å². The Morgan fingerprint density at radius 3 is 2.71 bits per heavy atom. The van der Waals surface area contributed by atoms with Crippen LogP contribution in [0, 0.1) is 0 Å². The van der Waals surface area contributed by atoms with Gasteiger partial charge in [-0.3, -0.25) is 0 Å². The Hall–Kier alpha value is -1.87. The maximum atomic E-state index is 10.1. The molecule has 0 bridgehead atoms. The minimum atomic E-state index is -0.299. The molecule has 108 valence electrons. The van der Waals surface area contributed by atoms with E-state index < -0.39 is 0 Å². The molecule has 1 atom stereocenters. The first-order chi connectivity index (χ1) is 10.3. The van der Waals surface area contributed by atoms with Crippen LogP contribution in [0.5, 0.6) is 0 Å². The molecule has 1 aliphatic carbocycles. The highest BCUT2D eigenvalue weighted by Gasteiger charge is 2.25. The van der Waals surface area contributed by atoms with Gasteiger partial charge in [0.1, 0.15) is 5.82 Å². The van der Waals surface area contributed by atoms with E-state index in [1.54, 1.807) is 0 Å². The zero-order valence-electron chi connectivity index (χ0n) is 12.1. The number of fused-ring (bicyclic) bond motifs is 1. The lowest BCUT2D eigenvalue weighted by Gasteiger charge is -2.21. The number of aliphatic hydroxyl groups excluding tert-OH is 1. The summed E-state index contributed by atoms with van der Waals surface area (Å²) in [5.74, 6) is 1.10. The van der Waals surface area contributed by atoms with E-state index in [-0.39, 0.29) is 6.10 Å². The average molecular weight is 280 g/mol. The molecule has 21 heavy (non-hydrogen) atoms. The van der Waals surface area contributed by atoms with Gasteiger partial charge in [-0.1, -0.05) is 18.2 Å². The summed E-state index contributed by atoms with van der Waals surface area (Å²) in [4.78, 5) is 7.03. The molecule has 3 heteroatoms. The van der Waals surface area contributed by atoms with Crippen LogP contribution in [0.4, 0.5) is 5.82 Å². The third-order valence-electron chi connectivity index (χ3n) is 4.72. The van der Waals surface area contributed by atoms with Crippen LogP contribution < -0.4 is 4.90 Å². The lowest BCUT2D eigenvalue weighted by atomic mass is 9.97. The summed E-state index contributed by atoms with van der Waals surface area (Å²) in [7, 11) is 0. The molecule has 1 aromatic carbocycles. The fourth-order valence-corrected chi connectivity index (χ4v) is 3.67. The summed E-state index contributed by atoms with van der Waals surface area (Å²) >= 11 is 0. The molecule has 0 radical (unpaired) electrons. The number of nitrogens with zero attached hydrogens (tertiary/aromatic N) is 2. The minimum absolute atomic E-state index is 0.299. The monoisotopic (exact) mass is 280 g/mol. The van der Waals surface area contributed by atoms with Crippen molar-refractivity contribution >= 4 is 5.82 Å². The van der Waals surface area contributed by atoms with Crippen molar-refractivity contribution in [2.24, 2.45) is 0 Å². The molecule has 2 heterocycles. The first kappa shape index (κ1) is 12.8. The van der Waals surface area contributed by atoms with Crippen LogP contribution >= 0.6 is 0 Å². The zero-order valence-corrected chi connectivity index (χ0v) is 12.1. The Labute approximate surface area is 125 Å². The lowest BCUT2D eigenvalue weighted by molar-refractivity contribution is 0.180. The fourth-order valence-electron chi connectivity index (χ4n) is 3.67. The maximum Gasteiger partial charge on any atom is 0.136 e. The Bertz CT molecular complexity index is 662. The maximum absolute atomic E-state index is 10.1. The van der Waals surface area contributed by atoms with Crippen molar-refractivity contribution < 1.29 is 5.11 Å². The van der Waals surface area contributed by atoms with Crippen molar-refractivity contribution in [3.05, 3.63) is 47.7 Å². The van der Waals surface area contributed by atoms with Crippen LogP contribution in [0.3, 0.4) is 0 Å². The number of aliphatic hydroxyl groups is 1. The van der Waals surface area contributed by atoms with E-state index in [4.69, 9.17) is 0 Å². The Morgan fingerprint density at radius 2 is 1.86 bits per heavy atom. The summed E-state index contributed by atoms with van der Waals surface area (Å²) in [6.45, 7) is 2.20. The van der Waals surface area contributed by atoms with Crippen molar-refractivity contribution in [2.75, 3.05) is 18.0 Å². The number of pyridine rings is 1. The van der Waals surface area contributed by atoms with Crippen LogP contribution in [0.15, 0.2) is 36.5 Å². The Kier molecular flexibility index (Phi) is 3.15. The van der Waals surface area contributed by atoms with Crippen molar-refractivity contribution in [2.45, 2.75) is 31.8 Å². The van der Waals surface area contributed by atoms with E-state index >= 15 is 0 Å². The van der Waals surface area contributed by atoms with Gasteiger partial charge in [-0.25, -0.2) is 4.98 Å². The fraction of sp³-hybridized carbons (Fsp3) is 0.389. The first-order valence-corrected chi connectivity index (χ1v) is 7.85. The van der Waals surface area contributed by atoms with E-state index in [1.165, 1.54) is 29.5 Å². The number of aromatic nitrogens is 1. The van der Waals surface area contributed by atoms with Crippen LogP contribution in [-0.2, 0) is 6.42 Å². The molecule has 1 aromatic heterocycles. The van der Waals surface area contributed by atoms with E-state index in [9.17, 15) is 5.11 Å². The third kappa shape index (κ3) is 2.12. The molecule has 1 N–H and O–H groups in total. The molecule has 1 aliphatic heterocycles. The molecule has 0 amide bonds. The Balaban J connectivity index is 1.85. The quantitative estimate of drug-likeness (QED) is 0.916. The molecule has 2 aromatic rings. The van der Waals surface area contributed by atoms with Crippen molar-refractivity contribution in [3.63, 3.8) is 0 Å².